The molecule has 1 aliphatic carbocycles. The molecule has 1 rings (SSSR count). The van der Waals surface area contributed by atoms with E-state index in [0.29, 0.717) is 11.5 Å². The number of rotatable bonds is 1. The molecule has 0 aromatic heterocycles. The van der Waals surface area contributed by atoms with Gasteiger partial charge in [0.05, 0.1) is 5.92 Å². The SMILES string of the molecule is CC1=CC(Cl)=CCC1C(=O)OC(C)(C)C. The van der Waals surface area contributed by atoms with Crippen molar-refractivity contribution in [1.82, 2.24) is 0 Å². The monoisotopic (exact) mass is 228 g/mol. The first-order valence-electron chi connectivity index (χ1n) is 5.06. The van der Waals surface area contributed by atoms with E-state index < -0.39 is 5.60 Å². The van der Waals surface area contributed by atoms with E-state index in [1.54, 1.807) is 0 Å². The molecule has 0 N–H and O–H groups in total. The predicted molar refractivity (Wildman–Crippen MR) is 61.6 cm³/mol. The quantitative estimate of drug-likeness (QED) is 0.643. The molecule has 0 saturated carbocycles. The van der Waals surface area contributed by atoms with Gasteiger partial charge in [-0.15, -0.1) is 0 Å². The van der Waals surface area contributed by atoms with Gasteiger partial charge in [0, 0.05) is 5.03 Å². The Bertz CT molecular complexity index is 321. The van der Waals surface area contributed by atoms with Crippen molar-refractivity contribution in [1.29, 1.82) is 0 Å². The third-order valence-electron chi connectivity index (χ3n) is 2.16. The number of hydrogen-bond donors (Lipinski definition) is 0. The molecule has 0 aliphatic heterocycles. The van der Waals surface area contributed by atoms with E-state index >= 15 is 0 Å². The lowest BCUT2D eigenvalue weighted by atomic mass is 9.92. The summed E-state index contributed by atoms with van der Waals surface area (Å²) in [6, 6.07) is 0. The van der Waals surface area contributed by atoms with Crippen molar-refractivity contribution in [2.24, 2.45) is 5.92 Å². The molecule has 84 valence electrons. The van der Waals surface area contributed by atoms with Gasteiger partial charge in [0.1, 0.15) is 5.60 Å². The Morgan fingerprint density at radius 2 is 2.13 bits per heavy atom. The summed E-state index contributed by atoms with van der Waals surface area (Å²) in [5, 5.41) is 0.701. The minimum atomic E-state index is -0.428. The van der Waals surface area contributed by atoms with Gasteiger partial charge in [0.25, 0.3) is 0 Å². The lowest BCUT2D eigenvalue weighted by Gasteiger charge is -2.25. The minimum Gasteiger partial charge on any atom is -0.459 e. The second-order valence-corrected chi connectivity index (χ2v) is 5.24. The van der Waals surface area contributed by atoms with Gasteiger partial charge in [-0.3, -0.25) is 4.79 Å². The number of halogens is 1. The first-order chi connectivity index (χ1) is 6.79. The van der Waals surface area contributed by atoms with E-state index in [1.807, 2.05) is 39.8 Å². The maximum absolute atomic E-state index is 11.8. The first kappa shape index (κ1) is 12.3. The van der Waals surface area contributed by atoms with Crippen LogP contribution in [0.5, 0.6) is 0 Å². The summed E-state index contributed by atoms with van der Waals surface area (Å²) >= 11 is 5.85. The average Bonchev–Trinajstić information content (AvgIpc) is 1.99. The molecule has 0 heterocycles. The Labute approximate surface area is 95.9 Å². The Kier molecular flexibility index (Phi) is 3.61. The Hall–Kier alpha value is -0.760. The van der Waals surface area contributed by atoms with Gasteiger partial charge in [-0.2, -0.15) is 0 Å². The zero-order chi connectivity index (χ0) is 11.6. The molecule has 0 aromatic rings. The van der Waals surface area contributed by atoms with Gasteiger partial charge in [-0.1, -0.05) is 23.3 Å². The molecule has 1 aliphatic rings. The van der Waals surface area contributed by atoms with Crippen LogP contribution in [-0.2, 0) is 9.53 Å². The number of esters is 1. The first-order valence-corrected chi connectivity index (χ1v) is 5.44. The van der Waals surface area contributed by atoms with Crippen molar-refractivity contribution < 1.29 is 9.53 Å². The molecule has 0 radical (unpaired) electrons. The normalized spacial score (nSPS) is 21.8. The highest BCUT2D eigenvalue weighted by Crippen LogP contribution is 2.27. The molecule has 1 unspecified atom stereocenters. The summed E-state index contributed by atoms with van der Waals surface area (Å²) in [6.07, 6.45) is 4.30. The van der Waals surface area contributed by atoms with Crippen LogP contribution in [0.1, 0.15) is 34.1 Å². The molecular formula is C12H17ClO2. The fourth-order valence-electron chi connectivity index (χ4n) is 1.45. The summed E-state index contributed by atoms with van der Waals surface area (Å²) < 4.78 is 5.33. The molecular weight excluding hydrogens is 212 g/mol. The van der Waals surface area contributed by atoms with Crippen LogP contribution in [0.4, 0.5) is 0 Å². The van der Waals surface area contributed by atoms with Crippen molar-refractivity contribution in [3.05, 3.63) is 22.8 Å². The van der Waals surface area contributed by atoms with E-state index in [9.17, 15) is 4.79 Å². The molecule has 0 saturated heterocycles. The van der Waals surface area contributed by atoms with Gasteiger partial charge >= 0.3 is 5.97 Å². The number of allylic oxidation sites excluding steroid dienone is 3. The number of carbonyl (C=O) groups excluding carboxylic acids is 1. The zero-order valence-corrected chi connectivity index (χ0v) is 10.4. The molecule has 0 fully saturated rings. The van der Waals surface area contributed by atoms with Crippen LogP contribution in [0.25, 0.3) is 0 Å². The second kappa shape index (κ2) is 4.40. The molecule has 0 spiro atoms. The fourth-order valence-corrected chi connectivity index (χ4v) is 1.71. The van der Waals surface area contributed by atoms with Crippen molar-refractivity contribution in [2.45, 2.75) is 39.7 Å². The predicted octanol–water partition coefficient (Wildman–Crippen LogP) is 3.42. The van der Waals surface area contributed by atoms with Gasteiger partial charge in [-0.05, 0) is 40.2 Å². The summed E-state index contributed by atoms with van der Waals surface area (Å²) in [5.74, 6) is -0.344. The molecule has 1 atom stereocenters. The smallest absolute Gasteiger partial charge is 0.313 e. The van der Waals surface area contributed by atoms with E-state index in [0.717, 1.165) is 5.57 Å². The number of ether oxygens (including phenoxy) is 1. The van der Waals surface area contributed by atoms with E-state index in [1.165, 1.54) is 0 Å². The molecule has 2 nitrogen and oxygen atoms in total. The van der Waals surface area contributed by atoms with Gasteiger partial charge in [-0.25, -0.2) is 0 Å². The van der Waals surface area contributed by atoms with Crippen LogP contribution in [0, 0.1) is 5.92 Å². The second-order valence-electron chi connectivity index (χ2n) is 4.80. The highest BCUT2D eigenvalue weighted by atomic mass is 35.5. The Morgan fingerprint density at radius 1 is 1.53 bits per heavy atom. The van der Waals surface area contributed by atoms with Crippen molar-refractivity contribution in [2.75, 3.05) is 0 Å². The molecule has 0 aromatic carbocycles. The van der Waals surface area contributed by atoms with Crippen LogP contribution < -0.4 is 0 Å². The summed E-state index contributed by atoms with van der Waals surface area (Å²) in [5.41, 5.74) is 0.541. The fraction of sp³-hybridized carbons (Fsp3) is 0.583. The van der Waals surface area contributed by atoms with Crippen molar-refractivity contribution in [3.8, 4) is 0 Å². The maximum atomic E-state index is 11.8. The van der Waals surface area contributed by atoms with E-state index in [-0.39, 0.29) is 11.9 Å². The van der Waals surface area contributed by atoms with E-state index in [2.05, 4.69) is 0 Å². The number of carbonyl (C=O) groups is 1. The highest BCUT2D eigenvalue weighted by Gasteiger charge is 2.27. The maximum Gasteiger partial charge on any atom is 0.313 e. The Balaban J connectivity index is 2.68. The van der Waals surface area contributed by atoms with Crippen LogP contribution in [-0.4, -0.2) is 11.6 Å². The topological polar surface area (TPSA) is 26.3 Å². The third-order valence-corrected chi connectivity index (χ3v) is 2.42. The van der Waals surface area contributed by atoms with Gasteiger partial charge < -0.3 is 4.74 Å². The molecule has 0 amide bonds. The van der Waals surface area contributed by atoms with Gasteiger partial charge in [0.15, 0.2) is 0 Å². The minimum absolute atomic E-state index is 0.170. The summed E-state index contributed by atoms with van der Waals surface area (Å²) in [6.45, 7) is 7.52. The van der Waals surface area contributed by atoms with Crippen molar-refractivity contribution in [3.63, 3.8) is 0 Å². The zero-order valence-electron chi connectivity index (χ0n) is 9.63. The van der Waals surface area contributed by atoms with Gasteiger partial charge in [0.2, 0.25) is 0 Å². The lowest BCUT2D eigenvalue weighted by molar-refractivity contribution is -0.158. The molecule has 3 heteroatoms. The lowest BCUT2D eigenvalue weighted by Crippen LogP contribution is -2.29. The summed E-state index contributed by atoms with van der Waals surface area (Å²) in [4.78, 5) is 11.8. The standard InChI is InChI=1S/C12H17ClO2/c1-8-7-9(13)5-6-10(8)11(14)15-12(2,3)4/h5,7,10H,6H2,1-4H3. The number of hydrogen-bond acceptors (Lipinski definition) is 2. The molecule has 15 heavy (non-hydrogen) atoms. The largest absolute Gasteiger partial charge is 0.459 e. The van der Waals surface area contributed by atoms with Crippen LogP contribution in [0.2, 0.25) is 0 Å². The highest BCUT2D eigenvalue weighted by molar-refractivity contribution is 6.31. The van der Waals surface area contributed by atoms with Crippen LogP contribution in [0.15, 0.2) is 22.8 Å². The van der Waals surface area contributed by atoms with Crippen molar-refractivity contribution >= 4 is 17.6 Å². The van der Waals surface area contributed by atoms with Crippen LogP contribution >= 0.6 is 11.6 Å². The third kappa shape index (κ3) is 3.71. The van der Waals surface area contributed by atoms with Crippen LogP contribution in [0.3, 0.4) is 0 Å². The van der Waals surface area contributed by atoms with E-state index in [4.69, 9.17) is 16.3 Å². The average molecular weight is 229 g/mol. The Morgan fingerprint density at radius 3 is 2.60 bits per heavy atom. The summed E-state index contributed by atoms with van der Waals surface area (Å²) in [7, 11) is 0. The molecule has 0 bridgehead atoms.